The van der Waals surface area contributed by atoms with Crippen LogP contribution in [0.25, 0.3) is 0 Å². The van der Waals surface area contributed by atoms with Crippen LogP contribution in [-0.4, -0.2) is 18.0 Å². The maximum atomic E-state index is 11.1. The smallest absolute Gasteiger partial charge is 0.178 e. The van der Waals surface area contributed by atoms with Gasteiger partial charge in [-0.1, -0.05) is 12.7 Å². The lowest BCUT2D eigenvalue weighted by Crippen LogP contribution is -2.17. The van der Waals surface area contributed by atoms with Crippen molar-refractivity contribution in [2.45, 2.75) is 20.3 Å². The summed E-state index contributed by atoms with van der Waals surface area (Å²) in [5.74, 6) is 0.0314. The van der Waals surface area contributed by atoms with Gasteiger partial charge in [0.15, 0.2) is 5.78 Å². The SMILES string of the molecule is C=C(C)C1=CCCN=C1C(C)=O. The van der Waals surface area contributed by atoms with E-state index in [2.05, 4.69) is 11.6 Å². The van der Waals surface area contributed by atoms with Crippen LogP contribution >= 0.6 is 0 Å². The lowest BCUT2D eigenvalue weighted by molar-refractivity contribution is -0.111. The van der Waals surface area contributed by atoms with Crippen molar-refractivity contribution in [3.8, 4) is 0 Å². The number of ketones is 1. The lowest BCUT2D eigenvalue weighted by atomic mass is 9.98. The molecule has 1 aliphatic heterocycles. The molecule has 0 saturated heterocycles. The van der Waals surface area contributed by atoms with E-state index in [0.29, 0.717) is 5.71 Å². The Morgan fingerprint density at radius 1 is 1.58 bits per heavy atom. The first kappa shape index (κ1) is 8.91. The summed E-state index contributed by atoms with van der Waals surface area (Å²) in [5, 5.41) is 0. The number of allylic oxidation sites excluding steroid dienone is 2. The molecule has 0 aromatic heterocycles. The van der Waals surface area contributed by atoms with Crippen LogP contribution in [0.2, 0.25) is 0 Å². The highest BCUT2D eigenvalue weighted by Crippen LogP contribution is 2.15. The second kappa shape index (κ2) is 3.48. The monoisotopic (exact) mass is 163 g/mol. The number of carbonyl (C=O) groups excluding carboxylic acids is 1. The van der Waals surface area contributed by atoms with Crippen molar-refractivity contribution >= 4 is 11.5 Å². The summed E-state index contributed by atoms with van der Waals surface area (Å²) in [6.07, 6.45) is 2.95. The second-order valence-electron chi connectivity index (χ2n) is 2.97. The third kappa shape index (κ3) is 1.70. The first-order chi connectivity index (χ1) is 5.63. The van der Waals surface area contributed by atoms with E-state index in [0.717, 1.165) is 24.1 Å². The Morgan fingerprint density at radius 2 is 2.25 bits per heavy atom. The number of Topliss-reactive ketones (excluding diaryl/α,β-unsaturated/α-hetero) is 1. The van der Waals surface area contributed by atoms with E-state index in [1.165, 1.54) is 0 Å². The molecule has 2 heteroatoms. The zero-order chi connectivity index (χ0) is 9.14. The largest absolute Gasteiger partial charge is 0.293 e. The van der Waals surface area contributed by atoms with Gasteiger partial charge in [0.2, 0.25) is 0 Å². The maximum absolute atomic E-state index is 11.1. The van der Waals surface area contributed by atoms with Crippen LogP contribution in [0, 0.1) is 0 Å². The van der Waals surface area contributed by atoms with Crippen molar-refractivity contribution in [2.24, 2.45) is 4.99 Å². The zero-order valence-corrected chi connectivity index (χ0v) is 7.55. The van der Waals surface area contributed by atoms with E-state index in [1.807, 2.05) is 13.0 Å². The van der Waals surface area contributed by atoms with Gasteiger partial charge in [-0.2, -0.15) is 0 Å². The highest BCUT2D eigenvalue weighted by Gasteiger charge is 2.14. The van der Waals surface area contributed by atoms with Crippen LogP contribution in [0.15, 0.2) is 28.8 Å². The maximum Gasteiger partial charge on any atom is 0.178 e. The molecule has 1 heterocycles. The Hall–Kier alpha value is -1.18. The number of hydrogen-bond donors (Lipinski definition) is 0. The molecular formula is C10H13NO. The summed E-state index contributed by atoms with van der Waals surface area (Å²) in [4.78, 5) is 15.3. The third-order valence-corrected chi connectivity index (χ3v) is 1.80. The third-order valence-electron chi connectivity index (χ3n) is 1.80. The molecule has 2 nitrogen and oxygen atoms in total. The molecule has 0 fully saturated rings. The van der Waals surface area contributed by atoms with Crippen LogP contribution in [0.3, 0.4) is 0 Å². The van der Waals surface area contributed by atoms with Gasteiger partial charge in [-0.3, -0.25) is 9.79 Å². The predicted molar refractivity (Wildman–Crippen MR) is 50.5 cm³/mol. The van der Waals surface area contributed by atoms with Gasteiger partial charge in [0.1, 0.15) is 5.71 Å². The fourth-order valence-corrected chi connectivity index (χ4v) is 1.24. The fraction of sp³-hybridized carbons (Fsp3) is 0.400. The summed E-state index contributed by atoms with van der Waals surface area (Å²) in [5.41, 5.74) is 2.44. The number of rotatable bonds is 2. The van der Waals surface area contributed by atoms with Gasteiger partial charge in [0.25, 0.3) is 0 Å². The first-order valence-corrected chi connectivity index (χ1v) is 4.04. The van der Waals surface area contributed by atoms with Crippen molar-refractivity contribution in [1.29, 1.82) is 0 Å². The Kier molecular flexibility index (Phi) is 2.58. The lowest BCUT2D eigenvalue weighted by Gasteiger charge is -2.12. The number of carbonyl (C=O) groups is 1. The van der Waals surface area contributed by atoms with Crippen molar-refractivity contribution in [3.63, 3.8) is 0 Å². The van der Waals surface area contributed by atoms with Gasteiger partial charge in [0.05, 0.1) is 0 Å². The van der Waals surface area contributed by atoms with Gasteiger partial charge < -0.3 is 0 Å². The molecule has 0 bridgehead atoms. The fourth-order valence-electron chi connectivity index (χ4n) is 1.24. The van der Waals surface area contributed by atoms with Crippen molar-refractivity contribution in [1.82, 2.24) is 0 Å². The highest BCUT2D eigenvalue weighted by molar-refractivity contribution is 6.46. The van der Waals surface area contributed by atoms with E-state index in [1.54, 1.807) is 6.92 Å². The van der Waals surface area contributed by atoms with E-state index < -0.39 is 0 Å². The topological polar surface area (TPSA) is 29.4 Å². The quantitative estimate of drug-likeness (QED) is 0.611. The minimum Gasteiger partial charge on any atom is -0.293 e. The molecule has 0 N–H and O–H groups in total. The molecule has 0 aromatic carbocycles. The van der Waals surface area contributed by atoms with E-state index in [-0.39, 0.29) is 5.78 Å². The molecule has 0 radical (unpaired) electrons. The van der Waals surface area contributed by atoms with Crippen LogP contribution in [0.4, 0.5) is 0 Å². The molecule has 0 spiro atoms. The minimum absolute atomic E-state index is 0.0314. The summed E-state index contributed by atoms with van der Waals surface area (Å²) < 4.78 is 0. The van der Waals surface area contributed by atoms with Gasteiger partial charge in [-0.05, 0) is 18.9 Å². The van der Waals surface area contributed by atoms with Crippen LogP contribution < -0.4 is 0 Å². The molecule has 1 rings (SSSR count). The average Bonchev–Trinajstić information content (AvgIpc) is 2.04. The Bertz CT molecular complexity index is 254. The molecule has 0 saturated carbocycles. The van der Waals surface area contributed by atoms with Gasteiger partial charge in [-0.15, -0.1) is 0 Å². The zero-order valence-electron chi connectivity index (χ0n) is 7.55. The van der Waals surface area contributed by atoms with Gasteiger partial charge in [0, 0.05) is 19.0 Å². The Labute approximate surface area is 72.7 Å². The summed E-state index contributed by atoms with van der Waals surface area (Å²) in [6, 6.07) is 0. The van der Waals surface area contributed by atoms with E-state index >= 15 is 0 Å². The Morgan fingerprint density at radius 3 is 2.67 bits per heavy atom. The molecule has 64 valence electrons. The molecule has 0 atom stereocenters. The molecular weight excluding hydrogens is 150 g/mol. The normalized spacial score (nSPS) is 16.5. The second-order valence-corrected chi connectivity index (χ2v) is 2.97. The van der Waals surface area contributed by atoms with Crippen molar-refractivity contribution in [2.75, 3.05) is 6.54 Å². The summed E-state index contributed by atoms with van der Waals surface area (Å²) >= 11 is 0. The van der Waals surface area contributed by atoms with E-state index in [4.69, 9.17) is 0 Å². The molecule has 0 aliphatic carbocycles. The number of hydrogen-bond acceptors (Lipinski definition) is 2. The average molecular weight is 163 g/mol. The van der Waals surface area contributed by atoms with Crippen LogP contribution in [0.1, 0.15) is 20.3 Å². The van der Waals surface area contributed by atoms with Crippen molar-refractivity contribution < 1.29 is 4.79 Å². The predicted octanol–water partition coefficient (Wildman–Crippen LogP) is 1.92. The number of aliphatic imine (C=N–C) groups is 1. The van der Waals surface area contributed by atoms with Gasteiger partial charge >= 0.3 is 0 Å². The molecule has 0 amide bonds. The molecule has 1 aliphatic rings. The number of nitrogens with zero attached hydrogens (tertiary/aromatic N) is 1. The van der Waals surface area contributed by atoms with E-state index in [9.17, 15) is 4.79 Å². The standard InChI is InChI=1S/C10H13NO/c1-7(2)9-5-4-6-11-10(9)8(3)12/h5H,1,4,6H2,2-3H3. The molecule has 12 heavy (non-hydrogen) atoms. The minimum atomic E-state index is 0.0314. The van der Waals surface area contributed by atoms with Gasteiger partial charge in [-0.25, -0.2) is 0 Å². The highest BCUT2D eigenvalue weighted by atomic mass is 16.1. The Balaban J connectivity index is 2.98. The first-order valence-electron chi connectivity index (χ1n) is 4.04. The molecule has 0 aromatic rings. The van der Waals surface area contributed by atoms with Crippen LogP contribution in [-0.2, 0) is 4.79 Å². The number of dihydropyridines is 1. The summed E-state index contributed by atoms with van der Waals surface area (Å²) in [7, 11) is 0. The molecule has 0 unspecified atom stereocenters. The van der Waals surface area contributed by atoms with Crippen molar-refractivity contribution in [3.05, 3.63) is 23.8 Å². The summed E-state index contributed by atoms with van der Waals surface area (Å²) in [6.45, 7) is 7.98. The van der Waals surface area contributed by atoms with Crippen LogP contribution in [0.5, 0.6) is 0 Å².